The van der Waals surface area contributed by atoms with Crippen LogP contribution in [0.5, 0.6) is 5.75 Å². The van der Waals surface area contributed by atoms with Gasteiger partial charge in [-0.15, -0.1) is 5.10 Å². The van der Waals surface area contributed by atoms with Crippen molar-refractivity contribution < 1.29 is 4.74 Å². The van der Waals surface area contributed by atoms with Crippen molar-refractivity contribution in [3.63, 3.8) is 0 Å². The summed E-state index contributed by atoms with van der Waals surface area (Å²) in [7, 11) is 0. The summed E-state index contributed by atoms with van der Waals surface area (Å²) in [6.07, 6.45) is 1.67. The molecule has 0 aliphatic carbocycles. The Balaban J connectivity index is 1.84. The molecule has 0 bridgehead atoms. The van der Waals surface area contributed by atoms with Crippen LogP contribution in [0.1, 0.15) is 18.1 Å². The van der Waals surface area contributed by atoms with E-state index in [0.29, 0.717) is 11.8 Å². The molecule has 0 unspecified atom stereocenters. The minimum atomic E-state index is 0.450. The van der Waals surface area contributed by atoms with Crippen molar-refractivity contribution in [1.29, 1.82) is 0 Å². The standard InChI is InChI=1S/C17H19N3OS/c1-2-21-16-10-8-14(9-11-16)12-19-20-17(18)22-13-15-6-4-3-5-7-15/h3-12H,2,13H2,1H3,(H2,18,20). The predicted octanol–water partition coefficient (Wildman–Crippen LogP) is 3.67. The molecule has 2 aromatic rings. The Morgan fingerprint density at radius 3 is 2.55 bits per heavy atom. The van der Waals surface area contributed by atoms with E-state index in [0.717, 1.165) is 17.1 Å². The van der Waals surface area contributed by atoms with E-state index in [9.17, 15) is 0 Å². The molecule has 114 valence electrons. The molecule has 4 nitrogen and oxygen atoms in total. The third kappa shape index (κ3) is 5.61. The van der Waals surface area contributed by atoms with Crippen LogP contribution in [-0.2, 0) is 5.75 Å². The Kier molecular flexibility index (Phi) is 6.51. The molecule has 0 aliphatic heterocycles. The maximum atomic E-state index is 5.83. The van der Waals surface area contributed by atoms with E-state index in [1.54, 1.807) is 6.21 Å². The molecule has 0 saturated heterocycles. The molecule has 0 heterocycles. The maximum absolute atomic E-state index is 5.83. The fourth-order valence-corrected chi connectivity index (χ4v) is 2.34. The number of rotatable bonds is 6. The molecule has 5 heteroatoms. The molecule has 0 aliphatic rings. The molecule has 0 amide bonds. The maximum Gasteiger partial charge on any atom is 0.180 e. The van der Waals surface area contributed by atoms with E-state index in [2.05, 4.69) is 22.3 Å². The second-order valence-electron chi connectivity index (χ2n) is 4.46. The molecule has 2 N–H and O–H groups in total. The number of amidine groups is 1. The zero-order chi connectivity index (χ0) is 15.6. The lowest BCUT2D eigenvalue weighted by molar-refractivity contribution is 0.340. The van der Waals surface area contributed by atoms with Crippen LogP contribution >= 0.6 is 11.8 Å². The quantitative estimate of drug-likeness (QED) is 0.503. The zero-order valence-corrected chi connectivity index (χ0v) is 13.3. The summed E-state index contributed by atoms with van der Waals surface area (Å²) in [4.78, 5) is 0. The number of thioether (sulfide) groups is 1. The molecule has 0 aromatic heterocycles. The number of hydrogen-bond donors (Lipinski definition) is 1. The molecule has 0 spiro atoms. The van der Waals surface area contributed by atoms with Crippen molar-refractivity contribution in [2.24, 2.45) is 15.9 Å². The Hall–Kier alpha value is -2.27. The Bertz CT molecular complexity index is 624. The van der Waals surface area contributed by atoms with Gasteiger partial charge in [-0.1, -0.05) is 42.1 Å². The van der Waals surface area contributed by atoms with E-state index in [4.69, 9.17) is 10.5 Å². The highest BCUT2D eigenvalue weighted by atomic mass is 32.2. The monoisotopic (exact) mass is 313 g/mol. The van der Waals surface area contributed by atoms with Gasteiger partial charge in [0.15, 0.2) is 5.17 Å². The predicted molar refractivity (Wildman–Crippen MR) is 94.6 cm³/mol. The highest BCUT2D eigenvalue weighted by Gasteiger charge is 1.96. The summed E-state index contributed by atoms with van der Waals surface area (Å²) < 4.78 is 5.38. The fourth-order valence-electron chi connectivity index (χ4n) is 1.73. The first-order chi connectivity index (χ1) is 10.8. The number of benzene rings is 2. The second kappa shape index (κ2) is 8.89. The smallest absolute Gasteiger partial charge is 0.180 e. The lowest BCUT2D eigenvalue weighted by atomic mass is 10.2. The van der Waals surface area contributed by atoms with Crippen LogP contribution < -0.4 is 10.5 Å². The molecule has 2 aromatic carbocycles. The van der Waals surface area contributed by atoms with Gasteiger partial charge >= 0.3 is 0 Å². The molecule has 0 radical (unpaired) electrons. The second-order valence-corrected chi connectivity index (χ2v) is 5.45. The molecule has 0 fully saturated rings. The third-order valence-corrected chi connectivity index (χ3v) is 3.64. The van der Waals surface area contributed by atoms with Crippen LogP contribution in [0.3, 0.4) is 0 Å². The number of hydrogen-bond acceptors (Lipinski definition) is 4. The van der Waals surface area contributed by atoms with E-state index < -0.39 is 0 Å². The summed E-state index contributed by atoms with van der Waals surface area (Å²) in [6, 6.07) is 17.8. The number of nitrogens with two attached hydrogens (primary N) is 1. The lowest BCUT2D eigenvalue weighted by Gasteiger charge is -2.01. The SMILES string of the molecule is CCOc1ccc(C=NN=C(N)SCc2ccccc2)cc1. The average molecular weight is 313 g/mol. The fraction of sp³-hybridized carbons (Fsp3) is 0.176. The van der Waals surface area contributed by atoms with Gasteiger partial charge in [0.25, 0.3) is 0 Å². The van der Waals surface area contributed by atoms with Crippen molar-refractivity contribution in [2.75, 3.05) is 6.61 Å². The average Bonchev–Trinajstić information content (AvgIpc) is 2.56. The van der Waals surface area contributed by atoms with Gasteiger partial charge in [-0.05, 0) is 42.3 Å². The van der Waals surface area contributed by atoms with Crippen molar-refractivity contribution in [1.82, 2.24) is 0 Å². The Labute approximate surface area is 135 Å². The van der Waals surface area contributed by atoms with E-state index in [-0.39, 0.29) is 0 Å². The molecule has 2 rings (SSSR count). The van der Waals surface area contributed by atoms with Gasteiger partial charge in [0.2, 0.25) is 0 Å². The lowest BCUT2D eigenvalue weighted by Crippen LogP contribution is -2.05. The number of ether oxygens (including phenoxy) is 1. The van der Waals surface area contributed by atoms with Crippen LogP contribution in [0.15, 0.2) is 64.8 Å². The first kappa shape index (κ1) is 16.1. The summed E-state index contributed by atoms with van der Waals surface area (Å²) in [6.45, 7) is 2.62. The van der Waals surface area contributed by atoms with Gasteiger partial charge in [0.05, 0.1) is 12.8 Å². The van der Waals surface area contributed by atoms with Crippen molar-refractivity contribution in [3.8, 4) is 5.75 Å². The molecular weight excluding hydrogens is 294 g/mol. The van der Waals surface area contributed by atoms with Gasteiger partial charge in [0.1, 0.15) is 5.75 Å². The molecule has 22 heavy (non-hydrogen) atoms. The van der Waals surface area contributed by atoms with Crippen molar-refractivity contribution in [3.05, 3.63) is 65.7 Å². The van der Waals surface area contributed by atoms with Gasteiger partial charge in [0, 0.05) is 5.75 Å². The first-order valence-corrected chi connectivity index (χ1v) is 8.02. The first-order valence-electron chi connectivity index (χ1n) is 7.04. The normalized spacial score (nSPS) is 11.8. The van der Waals surface area contributed by atoms with E-state index >= 15 is 0 Å². The third-order valence-electron chi connectivity index (χ3n) is 2.78. The van der Waals surface area contributed by atoms with Crippen LogP contribution in [0.2, 0.25) is 0 Å². The molecule has 0 saturated carbocycles. The van der Waals surface area contributed by atoms with Gasteiger partial charge in [-0.3, -0.25) is 0 Å². The Morgan fingerprint density at radius 2 is 1.86 bits per heavy atom. The van der Waals surface area contributed by atoms with Gasteiger partial charge in [-0.25, -0.2) is 0 Å². The Morgan fingerprint density at radius 1 is 1.14 bits per heavy atom. The number of nitrogens with zero attached hydrogens (tertiary/aromatic N) is 2. The van der Waals surface area contributed by atoms with E-state index in [1.165, 1.54) is 17.3 Å². The highest BCUT2D eigenvalue weighted by Crippen LogP contribution is 2.12. The topological polar surface area (TPSA) is 60.0 Å². The molecular formula is C17H19N3OS. The van der Waals surface area contributed by atoms with Gasteiger partial charge in [-0.2, -0.15) is 5.10 Å². The summed E-state index contributed by atoms with van der Waals surface area (Å²) in [5.74, 6) is 1.63. The largest absolute Gasteiger partial charge is 0.494 e. The van der Waals surface area contributed by atoms with Gasteiger partial charge < -0.3 is 10.5 Å². The minimum absolute atomic E-state index is 0.450. The highest BCUT2D eigenvalue weighted by molar-refractivity contribution is 8.13. The van der Waals surface area contributed by atoms with Crippen molar-refractivity contribution >= 4 is 23.1 Å². The van der Waals surface area contributed by atoms with Crippen LogP contribution in [0, 0.1) is 0 Å². The minimum Gasteiger partial charge on any atom is -0.494 e. The molecule has 0 atom stereocenters. The summed E-state index contributed by atoms with van der Waals surface area (Å²) in [5.41, 5.74) is 7.99. The van der Waals surface area contributed by atoms with Crippen LogP contribution in [0.25, 0.3) is 0 Å². The van der Waals surface area contributed by atoms with Crippen LogP contribution in [0.4, 0.5) is 0 Å². The van der Waals surface area contributed by atoms with E-state index in [1.807, 2.05) is 49.4 Å². The summed E-state index contributed by atoms with van der Waals surface area (Å²) in [5, 5.41) is 8.44. The van der Waals surface area contributed by atoms with Crippen molar-refractivity contribution in [2.45, 2.75) is 12.7 Å². The summed E-state index contributed by atoms with van der Waals surface area (Å²) >= 11 is 1.47. The zero-order valence-electron chi connectivity index (χ0n) is 12.5. The van der Waals surface area contributed by atoms with Crippen LogP contribution in [-0.4, -0.2) is 18.0 Å².